The summed E-state index contributed by atoms with van der Waals surface area (Å²) >= 11 is 0. The lowest BCUT2D eigenvalue weighted by molar-refractivity contribution is 0.0893. The van der Waals surface area contributed by atoms with Gasteiger partial charge in [-0.15, -0.1) is 0 Å². The molecule has 1 unspecified atom stereocenters. The molecule has 1 amide bonds. The van der Waals surface area contributed by atoms with Crippen molar-refractivity contribution in [3.05, 3.63) is 48.5 Å². The third-order valence-electron chi connectivity index (χ3n) is 3.51. The number of nitrogens with two attached hydrogens (primary N) is 1. The van der Waals surface area contributed by atoms with Gasteiger partial charge in [0.1, 0.15) is 0 Å². The Morgan fingerprint density at radius 2 is 2.10 bits per heavy atom. The van der Waals surface area contributed by atoms with E-state index in [0.29, 0.717) is 17.8 Å². The van der Waals surface area contributed by atoms with E-state index in [1.165, 1.54) is 0 Å². The molecule has 1 aromatic carbocycles. The molecule has 0 aliphatic carbocycles. The van der Waals surface area contributed by atoms with Crippen LogP contribution in [-0.4, -0.2) is 21.5 Å². The van der Waals surface area contributed by atoms with Gasteiger partial charge in [0.15, 0.2) is 0 Å². The van der Waals surface area contributed by atoms with Crippen LogP contribution in [0, 0.1) is 5.41 Å². The Balaban J connectivity index is 2.16. The first kappa shape index (κ1) is 15.1. The number of imidazole rings is 1. The van der Waals surface area contributed by atoms with Crippen molar-refractivity contribution in [2.75, 3.05) is 5.73 Å². The first-order valence-corrected chi connectivity index (χ1v) is 6.99. The molecule has 1 heterocycles. The summed E-state index contributed by atoms with van der Waals surface area (Å²) in [6.07, 6.45) is 5.38. The molecular weight excluding hydrogens is 264 g/mol. The van der Waals surface area contributed by atoms with Crippen molar-refractivity contribution >= 4 is 11.6 Å². The lowest BCUT2D eigenvalue weighted by Crippen LogP contribution is -2.46. The number of hydrogen-bond donors (Lipinski definition) is 2. The third-order valence-corrected chi connectivity index (χ3v) is 3.51. The zero-order chi connectivity index (χ0) is 15.5. The van der Waals surface area contributed by atoms with Crippen LogP contribution in [0.15, 0.2) is 43.0 Å². The largest absolute Gasteiger partial charge is 0.398 e. The fraction of sp³-hybridized carbons (Fsp3) is 0.375. The topological polar surface area (TPSA) is 72.9 Å². The van der Waals surface area contributed by atoms with E-state index in [1.807, 2.05) is 22.9 Å². The lowest BCUT2D eigenvalue weighted by Gasteiger charge is -2.32. The molecule has 1 atom stereocenters. The Bertz CT molecular complexity index is 599. The van der Waals surface area contributed by atoms with Crippen molar-refractivity contribution in [2.24, 2.45) is 5.41 Å². The van der Waals surface area contributed by atoms with E-state index in [1.54, 1.807) is 24.7 Å². The van der Waals surface area contributed by atoms with Gasteiger partial charge < -0.3 is 15.6 Å². The predicted molar refractivity (Wildman–Crippen MR) is 83.8 cm³/mol. The van der Waals surface area contributed by atoms with Crippen molar-refractivity contribution in [3.8, 4) is 0 Å². The molecule has 0 bridgehead atoms. The lowest BCUT2D eigenvalue weighted by atomic mass is 9.86. The van der Waals surface area contributed by atoms with Gasteiger partial charge in [0, 0.05) is 24.6 Å². The van der Waals surface area contributed by atoms with Crippen LogP contribution in [0.5, 0.6) is 0 Å². The SMILES string of the molecule is CC(C)(C)C(Cn1ccnc1)NC(=O)c1ccccc1N. The zero-order valence-electron chi connectivity index (χ0n) is 12.7. The maximum atomic E-state index is 12.4. The molecule has 5 heteroatoms. The summed E-state index contributed by atoms with van der Waals surface area (Å²) in [6.45, 7) is 6.97. The molecule has 0 radical (unpaired) electrons. The van der Waals surface area contributed by atoms with E-state index in [9.17, 15) is 4.79 Å². The number of hydrogen-bond acceptors (Lipinski definition) is 3. The molecule has 0 aliphatic rings. The summed E-state index contributed by atoms with van der Waals surface area (Å²) in [5, 5.41) is 3.08. The van der Waals surface area contributed by atoms with Crippen LogP contribution in [-0.2, 0) is 6.54 Å². The predicted octanol–water partition coefficient (Wildman–Crippen LogP) is 2.31. The van der Waals surface area contributed by atoms with E-state index >= 15 is 0 Å². The molecule has 3 N–H and O–H groups in total. The van der Waals surface area contributed by atoms with Gasteiger partial charge in [0.2, 0.25) is 0 Å². The first-order chi connectivity index (χ1) is 9.88. The smallest absolute Gasteiger partial charge is 0.253 e. The fourth-order valence-electron chi connectivity index (χ4n) is 2.08. The van der Waals surface area contributed by atoms with Crippen LogP contribution in [0.1, 0.15) is 31.1 Å². The number of para-hydroxylation sites is 1. The van der Waals surface area contributed by atoms with E-state index in [-0.39, 0.29) is 17.4 Å². The molecule has 0 aliphatic heterocycles. The molecule has 0 fully saturated rings. The maximum Gasteiger partial charge on any atom is 0.253 e. The summed E-state index contributed by atoms with van der Waals surface area (Å²) in [6, 6.07) is 7.07. The van der Waals surface area contributed by atoms with Crippen LogP contribution in [0.3, 0.4) is 0 Å². The number of nitrogens with one attached hydrogen (secondary N) is 1. The van der Waals surface area contributed by atoms with Crippen molar-refractivity contribution in [1.29, 1.82) is 0 Å². The minimum Gasteiger partial charge on any atom is -0.398 e. The number of carbonyl (C=O) groups is 1. The summed E-state index contributed by atoms with van der Waals surface area (Å²) in [5.41, 5.74) is 6.79. The zero-order valence-corrected chi connectivity index (χ0v) is 12.7. The highest BCUT2D eigenvalue weighted by Crippen LogP contribution is 2.22. The quantitative estimate of drug-likeness (QED) is 0.847. The Labute approximate surface area is 125 Å². The van der Waals surface area contributed by atoms with Crippen LogP contribution < -0.4 is 11.1 Å². The molecule has 1 aromatic heterocycles. The van der Waals surface area contributed by atoms with Gasteiger partial charge in [-0.1, -0.05) is 32.9 Å². The highest BCUT2D eigenvalue weighted by molar-refractivity contribution is 5.99. The van der Waals surface area contributed by atoms with Crippen LogP contribution in [0.4, 0.5) is 5.69 Å². The van der Waals surface area contributed by atoms with Gasteiger partial charge in [-0.2, -0.15) is 0 Å². The molecule has 0 spiro atoms. The Hall–Kier alpha value is -2.30. The molecule has 21 heavy (non-hydrogen) atoms. The third kappa shape index (κ3) is 3.84. The van der Waals surface area contributed by atoms with Crippen LogP contribution >= 0.6 is 0 Å². The summed E-state index contributed by atoms with van der Waals surface area (Å²) in [4.78, 5) is 16.5. The highest BCUT2D eigenvalue weighted by Gasteiger charge is 2.27. The van der Waals surface area contributed by atoms with Crippen molar-refractivity contribution in [2.45, 2.75) is 33.4 Å². The molecular formula is C16H22N4O. The number of nitrogen functional groups attached to an aromatic ring is 1. The second kappa shape index (κ2) is 5.99. The van der Waals surface area contributed by atoms with Crippen molar-refractivity contribution in [3.63, 3.8) is 0 Å². The summed E-state index contributed by atoms with van der Waals surface area (Å²) < 4.78 is 1.96. The highest BCUT2D eigenvalue weighted by atomic mass is 16.1. The Kier molecular flexibility index (Phi) is 4.31. The monoisotopic (exact) mass is 286 g/mol. The molecule has 2 rings (SSSR count). The average Bonchev–Trinajstić information content (AvgIpc) is 2.90. The number of amides is 1. The van der Waals surface area contributed by atoms with Crippen molar-refractivity contribution < 1.29 is 4.79 Å². The van der Waals surface area contributed by atoms with Gasteiger partial charge in [0.05, 0.1) is 17.9 Å². The molecule has 0 saturated heterocycles. The number of nitrogens with zero attached hydrogens (tertiary/aromatic N) is 2. The number of rotatable bonds is 4. The standard InChI is InChI=1S/C16H22N4O/c1-16(2,3)14(10-20-9-8-18-11-20)19-15(21)12-6-4-5-7-13(12)17/h4-9,11,14H,10,17H2,1-3H3,(H,19,21). The molecule has 2 aromatic rings. The van der Waals surface area contributed by atoms with Crippen LogP contribution in [0.2, 0.25) is 0 Å². The van der Waals surface area contributed by atoms with Gasteiger partial charge >= 0.3 is 0 Å². The van der Waals surface area contributed by atoms with Gasteiger partial charge in [0.25, 0.3) is 5.91 Å². The second-order valence-electron chi connectivity index (χ2n) is 6.24. The minimum atomic E-state index is -0.145. The Morgan fingerprint density at radius 1 is 1.38 bits per heavy atom. The molecule has 5 nitrogen and oxygen atoms in total. The average molecular weight is 286 g/mol. The summed E-state index contributed by atoms with van der Waals surface area (Å²) in [7, 11) is 0. The number of anilines is 1. The van der Waals surface area contributed by atoms with E-state index in [0.717, 1.165) is 0 Å². The number of benzene rings is 1. The van der Waals surface area contributed by atoms with E-state index < -0.39 is 0 Å². The molecule has 112 valence electrons. The van der Waals surface area contributed by atoms with Crippen molar-refractivity contribution in [1.82, 2.24) is 14.9 Å². The normalized spacial score (nSPS) is 12.9. The first-order valence-electron chi connectivity index (χ1n) is 6.99. The number of aromatic nitrogens is 2. The minimum absolute atomic E-state index is 0.0289. The maximum absolute atomic E-state index is 12.4. The van der Waals surface area contributed by atoms with Gasteiger partial charge in [-0.3, -0.25) is 4.79 Å². The van der Waals surface area contributed by atoms with E-state index in [2.05, 4.69) is 31.1 Å². The molecule has 0 saturated carbocycles. The number of carbonyl (C=O) groups excluding carboxylic acids is 1. The fourth-order valence-corrected chi connectivity index (χ4v) is 2.08. The van der Waals surface area contributed by atoms with E-state index in [4.69, 9.17) is 5.73 Å². The summed E-state index contributed by atoms with van der Waals surface area (Å²) in [5.74, 6) is -0.145. The van der Waals surface area contributed by atoms with Gasteiger partial charge in [-0.05, 0) is 17.5 Å². The second-order valence-corrected chi connectivity index (χ2v) is 6.24. The Morgan fingerprint density at radius 3 is 2.67 bits per heavy atom. The van der Waals surface area contributed by atoms with Gasteiger partial charge in [-0.25, -0.2) is 4.98 Å². The van der Waals surface area contributed by atoms with Crippen LogP contribution in [0.25, 0.3) is 0 Å².